The molecule has 7 nitrogen and oxygen atoms in total. The molecule has 0 aliphatic heterocycles. The minimum absolute atomic E-state index is 0.113. The molecule has 0 saturated heterocycles. The molecule has 0 fully saturated rings. The topological polar surface area (TPSA) is 105 Å². The number of thioether (sulfide) groups is 1. The van der Waals surface area contributed by atoms with Gasteiger partial charge in [-0.05, 0) is 48.3 Å². The molecule has 0 aromatic carbocycles. The van der Waals surface area contributed by atoms with Crippen LogP contribution in [0.5, 0.6) is 0 Å². The van der Waals surface area contributed by atoms with Gasteiger partial charge >= 0.3 is 0 Å². The second-order valence-corrected chi connectivity index (χ2v) is 10.6. The van der Waals surface area contributed by atoms with E-state index in [2.05, 4.69) is 47.3 Å². The summed E-state index contributed by atoms with van der Waals surface area (Å²) in [5, 5.41) is 21.5. The van der Waals surface area contributed by atoms with Gasteiger partial charge in [-0.3, -0.25) is 9.78 Å². The highest BCUT2D eigenvalue weighted by Gasteiger charge is 2.32. The molecule has 9 heteroatoms. The van der Waals surface area contributed by atoms with E-state index in [1.54, 1.807) is 18.3 Å². The van der Waals surface area contributed by atoms with Gasteiger partial charge in [-0.2, -0.15) is 5.26 Å². The van der Waals surface area contributed by atoms with E-state index in [4.69, 9.17) is 4.42 Å². The zero-order chi connectivity index (χ0) is 22.0. The Morgan fingerprint density at radius 1 is 1.39 bits per heavy atom. The minimum Gasteiger partial charge on any atom is -0.410 e. The van der Waals surface area contributed by atoms with Gasteiger partial charge in [0.25, 0.3) is 11.1 Å². The highest BCUT2D eigenvalue weighted by atomic mass is 32.2. The summed E-state index contributed by atoms with van der Waals surface area (Å²) in [6.07, 6.45) is 4.57. The molecular weight excluding hydrogens is 430 g/mol. The molecule has 1 N–H and O–H groups in total. The van der Waals surface area contributed by atoms with Crippen LogP contribution in [0.25, 0.3) is 11.6 Å². The Kier molecular flexibility index (Phi) is 6.12. The van der Waals surface area contributed by atoms with Crippen molar-refractivity contribution >= 4 is 34.0 Å². The lowest BCUT2D eigenvalue weighted by Gasteiger charge is -2.33. The monoisotopic (exact) mass is 453 g/mol. The number of nitriles is 1. The number of rotatable bonds is 5. The summed E-state index contributed by atoms with van der Waals surface area (Å²) in [6.45, 7) is 6.79. The maximum atomic E-state index is 12.5. The van der Waals surface area contributed by atoms with E-state index in [9.17, 15) is 10.1 Å². The number of anilines is 1. The van der Waals surface area contributed by atoms with Crippen LogP contribution < -0.4 is 5.32 Å². The van der Waals surface area contributed by atoms with Crippen LogP contribution in [-0.2, 0) is 17.6 Å². The van der Waals surface area contributed by atoms with E-state index < -0.39 is 0 Å². The van der Waals surface area contributed by atoms with E-state index in [1.165, 1.54) is 16.2 Å². The van der Waals surface area contributed by atoms with Crippen LogP contribution in [-0.4, -0.2) is 26.8 Å². The molecule has 3 heterocycles. The predicted molar refractivity (Wildman–Crippen MR) is 121 cm³/mol. The van der Waals surface area contributed by atoms with Gasteiger partial charge < -0.3 is 9.73 Å². The number of hydrogen-bond donors (Lipinski definition) is 1. The van der Waals surface area contributed by atoms with Crippen LogP contribution in [0, 0.1) is 22.7 Å². The van der Waals surface area contributed by atoms with Gasteiger partial charge in [-0.1, -0.05) is 38.6 Å². The van der Waals surface area contributed by atoms with Crippen LogP contribution in [0.2, 0.25) is 0 Å². The first kappa shape index (κ1) is 21.5. The number of carbonyl (C=O) groups excluding carboxylic acids is 1. The molecule has 3 aromatic rings. The number of aromatic nitrogens is 3. The van der Waals surface area contributed by atoms with Crippen LogP contribution in [0.15, 0.2) is 34.0 Å². The van der Waals surface area contributed by atoms with E-state index in [1.807, 2.05) is 6.07 Å². The molecule has 31 heavy (non-hydrogen) atoms. The zero-order valence-corrected chi connectivity index (χ0v) is 19.3. The summed E-state index contributed by atoms with van der Waals surface area (Å²) in [5.74, 6) is 0.803. The van der Waals surface area contributed by atoms with Gasteiger partial charge in [-0.25, -0.2) is 0 Å². The van der Waals surface area contributed by atoms with Crippen LogP contribution in [0.3, 0.4) is 0 Å². The van der Waals surface area contributed by atoms with E-state index in [-0.39, 0.29) is 17.1 Å². The largest absolute Gasteiger partial charge is 0.410 e. The molecular formula is C22H23N5O2S2. The molecule has 1 aliphatic rings. The highest BCUT2D eigenvalue weighted by molar-refractivity contribution is 7.99. The van der Waals surface area contributed by atoms with Crippen molar-refractivity contribution in [3.8, 4) is 17.7 Å². The molecule has 1 aliphatic carbocycles. The second-order valence-electron chi connectivity index (χ2n) is 8.55. The molecule has 0 saturated carbocycles. The molecule has 0 unspecified atom stereocenters. The number of fused-ring (bicyclic) bond motifs is 1. The first-order valence-corrected chi connectivity index (χ1v) is 11.9. The lowest BCUT2D eigenvalue weighted by Crippen LogP contribution is -2.26. The molecule has 4 rings (SSSR count). The molecule has 0 radical (unpaired) electrons. The lowest BCUT2D eigenvalue weighted by molar-refractivity contribution is -0.113. The van der Waals surface area contributed by atoms with Crippen LogP contribution >= 0.6 is 23.1 Å². The Labute approximate surface area is 189 Å². The molecule has 1 atom stereocenters. The first-order valence-electron chi connectivity index (χ1n) is 10.1. The van der Waals surface area contributed by atoms with Crippen molar-refractivity contribution in [2.75, 3.05) is 11.1 Å². The number of amides is 1. The summed E-state index contributed by atoms with van der Waals surface area (Å²) >= 11 is 2.69. The fourth-order valence-electron chi connectivity index (χ4n) is 3.68. The summed E-state index contributed by atoms with van der Waals surface area (Å²) in [7, 11) is 0. The summed E-state index contributed by atoms with van der Waals surface area (Å²) in [4.78, 5) is 17.9. The van der Waals surface area contributed by atoms with Crippen LogP contribution in [0.4, 0.5) is 5.00 Å². The Balaban J connectivity index is 1.40. The van der Waals surface area contributed by atoms with Crippen molar-refractivity contribution < 1.29 is 9.21 Å². The molecule has 1 amide bonds. The third-order valence-corrected chi connectivity index (χ3v) is 7.46. The van der Waals surface area contributed by atoms with Crippen molar-refractivity contribution in [1.29, 1.82) is 5.26 Å². The van der Waals surface area contributed by atoms with E-state index >= 15 is 0 Å². The minimum atomic E-state index is -0.204. The van der Waals surface area contributed by atoms with Gasteiger partial charge in [0.15, 0.2) is 0 Å². The lowest BCUT2D eigenvalue weighted by atomic mass is 9.72. The van der Waals surface area contributed by atoms with Crippen LogP contribution in [0.1, 0.15) is 43.2 Å². The normalized spacial score (nSPS) is 15.9. The maximum Gasteiger partial charge on any atom is 0.277 e. The number of nitrogens with one attached hydrogen (secondary N) is 1. The highest BCUT2D eigenvalue weighted by Crippen LogP contribution is 2.44. The average molecular weight is 454 g/mol. The number of carbonyl (C=O) groups is 1. The third kappa shape index (κ3) is 4.81. The Morgan fingerprint density at radius 2 is 2.23 bits per heavy atom. The molecule has 0 spiro atoms. The first-order chi connectivity index (χ1) is 14.8. The van der Waals surface area contributed by atoms with E-state index in [0.717, 1.165) is 36.6 Å². The number of pyridine rings is 1. The average Bonchev–Trinajstić information content (AvgIpc) is 3.36. The number of nitrogens with zero attached hydrogens (tertiary/aromatic N) is 4. The zero-order valence-electron chi connectivity index (χ0n) is 17.6. The summed E-state index contributed by atoms with van der Waals surface area (Å²) < 4.78 is 5.57. The Morgan fingerprint density at radius 3 is 2.94 bits per heavy atom. The fraction of sp³-hybridized carbons (Fsp3) is 0.409. The van der Waals surface area contributed by atoms with Crippen molar-refractivity contribution in [2.45, 2.75) is 45.3 Å². The van der Waals surface area contributed by atoms with Gasteiger partial charge in [0, 0.05) is 11.1 Å². The Hall–Kier alpha value is -2.70. The van der Waals surface area contributed by atoms with Crippen molar-refractivity contribution in [3.05, 3.63) is 40.4 Å². The summed E-state index contributed by atoms with van der Waals surface area (Å²) in [6, 6.07) is 7.72. The fourth-order valence-corrected chi connectivity index (χ4v) is 5.54. The van der Waals surface area contributed by atoms with E-state index in [0.29, 0.717) is 33.3 Å². The smallest absolute Gasteiger partial charge is 0.277 e. The van der Waals surface area contributed by atoms with Gasteiger partial charge in [0.05, 0.1) is 11.3 Å². The van der Waals surface area contributed by atoms with Gasteiger partial charge in [0.1, 0.15) is 16.8 Å². The number of thiophene rings is 1. The van der Waals surface area contributed by atoms with Crippen molar-refractivity contribution in [1.82, 2.24) is 15.2 Å². The standard InChI is InChI=1S/C22H23N5O2S2/c1-22(2,3)13-7-8-14-15(11-23)20(31-17(14)10-13)25-18(28)12-30-21-27-26-19(29-21)16-6-4-5-9-24-16/h4-6,9,13H,7-8,10,12H2,1-3H3,(H,25,28)/t13-/m0/s1. The molecule has 3 aromatic heterocycles. The molecule has 0 bridgehead atoms. The Bertz CT molecular complexity index is 1130. The van der Waals surface area contributed by atoms with Gasteiger partial charge in [0.2, 0.25) is 5.91 Å². The SMILES string of the molecule is CC(C)(C)[C@H]1CCc2c(sc(NC(=O)CSc3nnc(-c4ccccn4)o3)c2C#N)C1. The molecule has 160 valence electrons. The van der Waals surface area contributed by atoms with Gasteiger partial charge in [-0.15, -0.1) is 21.5 Å². The van der Waals surface area contributed by atoms with Crippen molar-refractivity contribution in [3.63, 3.8) is 0 Å². The number of hydrogen-bond acceptors (Lipinski definition) is 8. The quantitative estimate of drug-likeness (QED) is 0.545. The predicted octanol–water partition coefficient (Wildman–Crippen LogP) is 4.95. The second kappa shape index (κ2) is 8.81. The summed E-state index contributed by atoms with van der Waals surface area (Å²) in [5.41, 5.74) is 2.53. The van der Waals surface area contributed by atoms with Crippen molar-refractivity contribution in [2.24, 2.45) is 11.3 Å². The maximum absolute atomic E-state index is 12.5. The third-order valence-electron chi connectivity index (χ3n) is 5.47.